The van der Waals surface area contributed by atoms with Gasteiger partial charge in [-0.2, -0.15) is 0 Å². The summed E-state index contributed by atoms with van der Waals surface area (Å²) < 4.78 is 32.5. The van der Waals surface area contributed by atoms with Crippen molar-refractivity contribution in [2.75, 3.05) is 35.5 Å². The summed E-state index contributed by atoms with van der Waals surface area (Å²) in [7, 11) is 7.54. The quantitative estimate of drug-likeness (QED) is 0.246. The highest BCUT2D eigenvalue weighted by atomic mass is 16.6. The second-order valence-electron chi connectivity index (χ2n) is 9.74. The molecule has 0 saturated heterocycles. The molecule has 0 spiro atoms. The molecule has 2 amide bonds. The van der Waals surface area contributed by atoms with E-state index in [1.165, 1.54) is 40.5 Å². The van der Waals surface area contributed by atoms with Crippen LogP contribution in [0.5, 0.6) is 34.5 Å². The first-order chi connectivity index (χ1) is 21.6. The van der Waals surface area contributed by atoms with Crippen LogP contribution in [0.2, 0.25) is 0 Å². The van der Waals surface area contributed by atoms with Crippen LogP contribution in [0.1, 0.15) is 55.2 Å². The fourth-order valence-corrected chi connectivity index (χ4v) is 4.49. The minimum atomic E-state index is -1.02. The average Bonchev–Trinajstić information content (AvgIpc) is 3.04. The molecule has 12 nitrogen and oxygen atoms in total. The monoisotopic (exact) mass is 621 g/mol. The van der Waals surface area contributed by atoms with Gasteiger partial charge in [-0.3, -0.25) is 14.4 Å². The van der Waals surface area contributed by atoms with Gasteiger partial charge in [0.05, 0.1) is 35.5 Å². The Labute approximate surface area is 262 Å². The molecule has 1 heterocycles. The number of nitrogens with one attached hydrogen (secondary N) is 2. The van der Waals surface area contributed by atoms with Gasteiger partial charge in [-0.25, -0.2) is 4.98 Å². The molecular weight excluding hydrogens is 582 g/mol. The fourth-order valence-electron chi connectivity index (χ4n) is 4.49. The van der Waals surface area contributed by atoms with Gasteiger partial charge in [0.2, 0.25) is 11.7 Å². The molecule has 0 aliphatic rings. The van der Waals surface area contributed by atoms with Crippen LogP contribution in [-0.4, -0.2) is 64.4 Å². The molecular formula is C33H39N3O9. The zero-order valence-corrected chi connectivity index (χ0v) is 26.7. The van der Waals surface area contributed by atoms with Gasteiger partial charge in [-0.1, -0.05) is 19.1 Å². The molecule has 1 aromatic heterocycles. The van der Waals surface area contributed by atoms with E-state index in [0.717, 1.165) is 0 Å². The summed E-state index contributed by atoms with van der Waals surface area (Å²) in [5.41, 5.74) is 2.38. The van der Waals surface area contributed by atoms with E-state index in [0.29, 0.717) is 51.8 Å². The first-order valence-electron chi connectivity index (χ1n) is 14.1. The maximum absolute atomic E-state index is 13.4. The smallest absolute Gasteiger partial charge is 0.311 e. The lowest BCUT2D eigenvalue weighted by molar-refractivity contribution is -0.134. The summed E-state index contributed by atoms with van der Waals surface area (Å²) in [5, 5.41) is 5.53. The molecule has 2 N–H and O–H groups in total. The van der Waals surface area contributed by atoms with Gasteiger partial charge in [-0.15, -0.1) is 0 Å². The van der Waals surface area contributed by atoms with E-state index in [9.17, 15) is 14.4 Å². The highest BCUT2D eigenvalue weighted by molar-refractivity contribution is 6.00. The normalized spacial score (nSPS) is 11.0. The summed E-state index contributed by atoms with van der Waals surface area (Å²) in [6, 6.07) is 11.2. The van der Waals surface area contributed by atoms with Crippen molar-refractivity contribution in [3.05, 3.63) is 71.2 Å². The van der Waals surface area contributed by atoms with Crippen molar-refractivity contribution in [1.29, 1.82) is 0 Å². The molecule has 3 rings (SSSR count). The first-order valence-corrected chi connectivity index (χ1v) is 14.1. The van der Waals surface area contributed by atoms with Crippen LogP contribution < -0.4 is 39.1 Å². The summed E-state index contributed by atoms with van der Waals surface area (Å²) in [6.45, 7) is 5.09. The van der Waals surface area contributed by atoms with Gasteiger partial charge in [0.15, 0.2) is 34.4 Å². The SMILES string of the molecule is CCCC(=O)Oc1c(OC)ccnc1C(=O)N[C@@H](C)C(=O)NC(C)=C(c1ccc(OC)c(OC)c1)c1ccc(OC)c(OC)c1. The lowest BCUT2D eigenvalue weighted by Crippen LogP contribution is -2.44. The maximum atomic E-state index is 13.4. The standard InChI is InChI=1S/C33H39N3O9/c1-9-10-28(37)45-31-25(42-6)15-16-34-30(31)33(39)36-20(3)32(38)35-19(2)29(21-11-13-23(40-4)26(17-21)43-7)22-12-14-24(41-5)27(18-22)44-8/h11-18,20H,9-10H2,1-8H3,(H,35,38)(H,36,39)/t20-/m0/s1. The summed E-state index contributed by atoms with van der Waals surface area (Å²) >= 11 is 0. The Morgan fingerprint density at radius 1 is 0.778 bits per heavy atom. The molecule has 3 aromatic rings. The number of carbonyl (C=O) groups is 3. The van der Waals surface area contributed by atoms with Crippen LogP contribution in [0, 0.1) is 0 Å². The molecule has 0 fully saturated rings. The summed E-state index contributed by atoms with van der Waals surface area (Å²) in [4.78, 5) is 43.0. The van der Waals surface area contributed by atoms with E-state index in [-0.39, 0.29) is 23.6 Å². The van der Waals surface area contributed by atoms with E-state index in [4.69, 9.17) is 28.4 Å². The highest BCUT2D eigenvalue weighted by Gasteiger charge is 2.25. The molecule has 12 heteroatoms. The van der Waals surface area contributed by atoms with E-state index in [1.807, 2.05) is 19.1 Å². The van der Waals surface area contributed by atoms with Crippen LogP contribution in [0.4, 0.5) is 0 Å². The topological polar surface area (TPSA) is 144 Å². The molecule has 45 heavy (non-hydrogen) atoms. The Kier molecular flexibility index (Phi) is 12.2. The van der Waals surface area contributed by atoms with Crippen molar-refractivity contribution in [1.82, 2.24) is 15.6 Å². The number of rotatable bonds is 14. The molecule has 0 unspecified atom stereocenters. The first kappa shape index (κ1) is 34.2. The minimum Gasteiger partial charge on any atom is -0.493 e. The number of pyridine rings is 1. The van der Waals surface area contributed by atoms with Crippen LogP contribution in [0.15, 0.2) is 54.4 Å². The number of allylic oxidation sites excluding steroid dienone is 1. The molecule has 0 bridgehead atoms. The third kappa shape index (κ3) is 8.22. The molecule has 1 atom stereocenters. The average molecular weight is 622 g/mol. The van der Waals surface area contributed by atoms with Crippen molar-refractivity contribution in [2.24, 2.45) is 0 Å². The van der Waals surface area contributed by atoms with Crippen molar-refractivity contribution >= 4 is 23.4 Å². The molecule has 2 aromatic carbocycles. The van der Waals surface area contributed by atoms with Crippen molar-refractivity contribution in [3.63, 3.8) is 0 Å². The number of esters is 1. The van der Waals surface area contributed by atoms with Gasteiger partial charge in [0, 0.05) is 30.0 Å². The van der Waals surface area contributed by atoms with Crippen LogP contribution in [0.25, 0.3) is 5.57 Å². The Hall–Kier alpha value is -5.26. The number of ether oxygens (including phenoxy) is 6. The molecule has 240 valence electrons. The number of methoxy groups -OCH3 is 5. The largest absolute Gasteiger partial charge is 0.493 e. The number of hydrogen-bond acceptors (Lipinski definition) is 10. The number of amides is 2. The van der Waals surface area contributed by atoms with E-state index in [1.54, 1.807) is 45.4 Å². The lowest BCUT2D eigenvalue weighted by atomic mass is 9.95. The summed E-state index contributed by atoms with van der Waals surface area (Å²) in [6.07, 6.45) is 2.05. The Bertz CT molecular complexity index is 1510. The van der Waals surface area contributed by atoms with Gasteiger partial charge in [0.1, 0.15) is 6.04 Å². The molecule has 0 aliphatic carbocycles. The van der Waals surface area contributed by atoms with E-state index in [2.05, 4.69) is 15.6 Å². The molecule has 0 saturated carbocycles. The predicted octanol–water partition coefficient (Wildman–Crippen LogP) is 4.54. The van der Waals surface area contributed by atoms with Crippen molar-refractivity contribution < 1.29 is 42.8 Å². The lowest BCUT2D eigenvalue weighted by Gasteiger charge is -2.20. The number of benzene rings is 2. The zero-order valence-electron chi connectivity index (χ0n) is 26.7. The van der Waals surface area contributed by atoms with Crippen molar-refractivity contribution in [2.45, 2.75) is 39.7 Å². The number of carbonyl (C=O) groups excluding carboxylic acids is 3. The Morgan fingerprint density at radius 3 is 1.80 bits per heavy atom. The van der Waals surface area contributed by atoms with E-state index < -0.39 is 23.8 Å². The van der Waals surface area contributed by atoms with Gasteiger partial charge < -0.3 is 39.1 Å². The Balaban J connectivity index is 1.97. The van der Waals surface area contributed by atoms with Crippen LogP contribution >= 0.6 is 0 Å². The van der Waals surface area contributed by atoms with Crippen molar-refractivity contribution in [3.8, 4) is 34.5 Å². The zero-order chi connectivity index (χ0) is 33.1. The summed E-state index contributed by atoms with van der Waals surface area (Å²) in [5.74, 6) is 0.330. The third-order valence-electron chi connectivity index (χ3n) is 6.74. The fraction of sp³-hybridized carbons (Fsp3) is 0.333. The van der Waals surface area contributed by atoms with E-state index >= 15 is 0 Å². The second-order valence-corrected chi connectivity index (χ2v) is 9.74. The minimum absolute atomic E-state index is 0.121. The number of aromatic nitrogens is 1. The van der Waals surface area contributed by atoms with Gasteiger partial charge >= 0.3 is 5.97 Å². The van der Waals surface area contributed by atoms with Gasteiger partial charge in [0.25, 0.3) is 5.91 Å². The number of nitrogens with zero attached hydrogens (tertiary/aromatic N) is 1. The second kappa shape index (κ2) is 16.0. The molecule has 0 radical (unpaired) electrons. The van der Waals surface area contributed by atoms with Crippen LogP contribution in [-0.2, 0) is 9.59 Å². The maximum Gasteiger partial charge on any atom is 0.311 e. The third-order valence-corrected chi connectivity index (χ3v) is 6.74. The highest BCUT2D eigenvalue weighted by Crippen LogP contribution is 2.37. The Morgan fingerprint density at radius 2 is 1.31 bits per heavy atom. The predicted molar refractivity (Wildman–Crippen MR) is 167 cm³/mol. The molecule has 0 aliphatic heterocycles. The van der Waals surface area contributed by atoms with Crippen LogP contribution in [0.3, 0.4) is 0 Å². The van der Waals surface area contributed by atoms with Gasteiger partial charge in [-0.05, 0) is 55.7 Å². The number of hydrogen-bond donors (Lipinski definition) is 2.